The highest BCUT2D eigenvalue weighted by Crippen LogP contribution is 2.23. The van der Waals surface area contributed by atoms with Crippen molar-refractivity contribution in [3.63, 3.8) is 0 Å². The summed E-state index contributed by atoms with van der Waals surface area (Å²) in [6.07, 6.45) is 0. The summed E-state index contributed by atoms with van der Waals surface area (Å²) in [4.78, 5) is 16.1. The van der Waals surface area contributed by atoms with Crippen LogP contribution < -0.4 is 5.32 Å². The van der Waals surface area contributed by atoms with E-state index in [1.54, 1.807) is 0 Å². The Balaban J connectivity index is 1.91. The van der Waals surface area contributed by atoms with Crippen molar-refractivity contribution in [2.75, 3.05) is 32.7 Å². The van der Waals surface area contributed by atoms with Crippen LogP contribution in [-0.2, 0) is 0 Å². The number of carbonyl (C=O) groups is 1. The SMILES string of the molecule is CC(C)Sc1ccc(C(=O)C(C)CN2CCNCC2)cc1. The molecule has 3 nitrogen and oxygen atoms in total. The molecule has 1 saturated heterocycles. The molecule has 4 heteroatoms. The average molecular weight is 306 g/mol. The molecule has 1 heterocycles. The highest BCUT2D eigenvalue weighted by Gasteiger charge is 2.19. The van der Waals surface area contributed by atoms with E-state index in [1.165, 1.54) is 4.90 Å². The third-order valence-electron chi connectivity index (χ3n) is 3.70. The van der Waals surface area contributed by atoms with Crippen LogP contribution in [0.4, 0.5) is 0 Å². The van der Waals surface area contributed by atoms with E-state index in [0.29, 0.717) is 5.25 Å². The van der Waals surface area contributed by atoms with Crippen molar-refractivity contribution in [3.8, 4) is 0 Å². The molecule has 1 unspecified atom stereocenters. The number of piperazine rings is 1. The largest absolute Gasteiger partial charge is 0.314 e. The van der Waals surface area contributed by atoms with Gasteiger partial charge < -0.3 is 10.2 Å². The number of benzene rings is 1. The Hall–Kier alpha value is -0.840. The summed E-state index contributed by atoms with van der Waals surface area (Å²) in [5.41, 5.74) is 0.839. The molecular weight excluding hydrogens is 280 g/mol. The lowest BCUT2D eigenvalue weighted by molar-refractivity contribution is 0.0887. The van der Waals surface area contributed by atoms with Crippen molar-refractivity contribution >= 4 is 17.5 Å². The molecule has 1 fully saturated rings. The average Bonchev–Trinajstić information content (AvgIpc) is 2.47. The van der Waals surface area contributed by atoms with Gasteiger partial charge in [0.1, 0.15) is 0 Å². The minimum absolute atomic E-state index is 0.0618. The first-order valence-electron chi connectivity index (χ1n) is 7.80. The highest BCUT2D eigenvalue weighted by atomic mass is 32.2. The predicted molar refractivity (Wildman–Crippen MR) is 90.2 cm³/mol. The van der Waals surface area contributed by atoms with Crippen LogP contribution in [0.25, 0.3) is 0 Å². The third kappa shape index (κ3) is 5.13. The van der Waals surface area contributed by atoms with Gasteiger partial charge in [0.15, 0.2) is 5.78 Å². The first kappa shape index (κ1) is 16.5. The molecule has 1 aliphatic rings. The van der Waals surface area contributed by atoms with Gasteiger partial charge in [0, 0.05) is 54.4 Å². The standard InChI is InChI=1S/C17H26N2OS/c1-13(2)21-16-6-4-15(5-7-16)17(20)14(3)12-19-10-8-18-9-11-19/h4-7,13-14,18H,8-12H2,1-3H3. The van der Waals surface area contributed by atoms with Gasteiger partial charge in [0.2, 0.25) is 0 Å². The van der Waals surface area contributed by atoms with Gasteiger partial charge in [-0.15, -0.1) is 11.8 Å². The highest BCUT2D eigenvalue weighted by molar-refractivity contribution is 7.99. The quantitative estimate of drug-likeness (QED) is 0.647. The number of nitrogens with zero attached hydrogens (tertiary/aromatic N) is 1. The molecule has 1 aliphatic heterocycles. The molecule has 0 aliphatic carbocycles. The van der Waals surface area contributed by atoms with Crippen LogP contribution in [0.3, 0.4) is 0 Å². The van der Waals surface area contributed by atoms with Gasteiger partial charge in [-0.25, -0.2) is 0 Å². The van der Waals surface area contributed by atoms with Crippen molar-refractivity contribution < 1.29 is 4.79 Å². The van der Waals surface area contributed by atoms with E-state index in [-0.39, 0.29) is 11.7 Å². The molecular formula is C17H26N2OS. The van der Waals surface area contributed by atoms with Crippen LogP contribution in [0.2, 0.25) is 0 Å². The fraction of sp³-hybridized carbons (Fsp3) is 0.588. The molecule has 1 N–H and O–H groups in total. The molecule has 0 amide bonds. The maximum absolute atomic E-state index is 12.5. The lowest BCUT2D eigenvalue weighted by Gasteiger charge is -2.29. The lowest BCUT2D eigenvalue weighted by Crippen LogP contribution is -2.45. The number of ketones is 1. The Morgan fingerprint density at radius 1 is 1.19 bits per heavy atom. The van der Waals surface area contributed by atoms with Gasteiger partial charge in [-0.3, -0.25) is 4.79 Å². The maximum Gasteiger partial charge on any atom is 0.166 e. The van der Waals surface area contributed by atoms with Crippen molar-refractivity contribution in [1.29, 1.82) is 0 Å². The molecule has 1 aromatic carbocycles. The van der Waals surface area contributed by atoms with Crippen LogP contribution in [0.5, 0.6) is 0 Å². The van der Waals surface area contributed by atoms with E-state index in [9.17, 15) is 4.79 Å². The second-order valence-electron chi connectivity index (χ2n) is 6.01. The van der Waals surface area contributed by atoms with Crippen LogP contribution in [-0.4, -0.2) is 48.7 Å². The summed E-state index contributed by atoms with van der Waals surface area (Å²) >= 11 is 1.83. The van der Waals surface area contributed by atoms with Crippen molar-refractivity contribution in [3.05, 3.63) is 29.8 Å². The number of carbonyl (C=O) groups excluding carboxylic acids is 1. The Kier molecular flexibility index (Phi) is 6.27. The molecule has 0 spiro atoms. The monoisotopic (exact) mass is 306 g/mol. The van der Waals surface area contributed by atoms with Crippen molar-refractivity contribution in [1.82, 2.24) is 10.2 Å². The summed E-state index contributed by atoms with van der Waals surface area (Å²) in [7, 11) is 0. The number of hydrogen-bond donors (Lipinski definition) is 1. The van der Waals surface area contributed by atoms with Crippen molar-refractivity contribution in [2.45, 2.75) is 30.9 Å². The molecule has 2 rings (SSSR count). The second-order valence-corrected chi connectivity index (χ2v) is 7.66. The number of hydrogen-bond acceptors (Lipinski definition) is 4. The predicted octanol–water partition coefficient (Wildman–Crippen LogP) is 2.91. The molecule has 1 atom stereocenters. The zero-order valence-electron chi connectivity index (χ0n) is 13.3. The van der Waals surface area contributed by atoms with Gasteiger partial charge in [0.25, 0.3) is 0 Å². The number of thioether (sulfide) groups is 1. The molecule has 0 aromatic heterocycles. The summed E-state index contributed by atoms with van der Waals surface area (Å²) in [5.74, 6) is 0.321. The van der Waals surface area contributed by atoms with Crippen LogP contribution in [0, 0.1) is 5.92 Å². The van der Waals surface area contributed by atoms with Gasteiger partial charge in [0.05, 0.1) is 0 Å². The molecule has 0 bridgehead atoms. The Labute approximate surface area is 132 Å². The van der Waals surface area contributed by atoms with Gasteiger partial charge in [-0.05, 0) is 12.1 Å². The van der Waals surface area contributed by atoms with E-state index in [0.717, 1.165) is 38.3 Å². The normalized spacial score (nSPS) is 17.9. The van der Waals surface area contributed by atoms with Crippen LogP contribution in [0.15, 0.2) is 29.2 Å². The zero-order valence-corrected chi connectivity index (χ0v) is 14.1. The summed E-state index contributed by atoms with van der Waals surface area (Å²) in [6.45, 7) is 11.4. The molecule has 21 heavy (non-hydrogen) atoms. The van der Waals surface area contributed by atoms with E-state index >= 15 is 0 Å². The fourth-order valence-electron chi connectivity index (χ4n) is 2.62. The first-order chi connectivity index (χ1) is 10.1. The second kappa shape index (κ2) is 7.97. The number of Topliss-reactive ketones (excluding diaryl/α,β-unsaturated/α-hetero) is 1. The zero-order chi connectivity index (χ0) is 15.2. The topological polar surface area (TPSA) is 32.3 Å². The Bertz CT molecular complexity index is 452. The van der Waals surface area contributed by atoms with Gasteiger partial charge >= 0.3 is 0 Å². The molecule has 116 valence electrons. The minimum Gasteiger partial charge on any atom is -0.314 e. The molecule has 0 radical (unpaired) electrons. The summed E-state index contributed by atoms with van der Waals surface area (Å²) < 4.78 is 0. The van der Waals surface area contributed by atoms with E-state index in [2.05, 4.69) is 36.2 Å². The van der Waals surface area contributed by atoms with E-state index < -0.39 is 0 Å². The van der Waals surface area contributed by atoms with Crippen LogP contribution in [0.1, 0.15) is 31.1 Å². The smallest absolute Gasteiger partial charge is 0.166 e. The van der Waals surface area contributed by atoms with E-state index in [1.807, 2.05) is 30.8 Å². The Morgan fingerprint density at radius 3 is 2.38 bits per heavy atom. The first-order valence-corrected chi connectivity index (χ1v) is 8.68. The minimum atomic E-state index is 0.0618. The van der Waals surface area contributed by atoms with Gasteiger partial charge in [-0.1, -0.05) is 32.9 Å². The van der Waals surface area contributed by atoms with Crippen LogP contribution >= 0.6 is 11.8 Å². The number of nitrogens with one attached hydrogen (secondary N) is 1. The lowest BCUT2D eigenvalue weighted by atomic mass is 9.98. The van der Waals surface area contributed by atoms with E-state index in [4.69, 9.17) is 0 Å². The maximum atomic E-state index is 12.5. The van der Waals surface area contributed by atoms with Crippen molar-refractivity contribution in [2.24, 2.45) is 5.92 Å². The molecule has 1 aromatic rings. The fourth-order valence-corrected chi connectivity index (χ4v) is 3.46. The number of rotatable bonds is 6. The summed E-state index contributed by atoms with van der Waals surface area (Å²) in [5, 5.41) is 3.91. The Morgan fingerprint density at radius 2 is 1.81 bits per heavy atom. The summed E-state index contributed by atoms with van der Waals surface area (Å²) in [6, 6.07) is 8.08. The van der Waals surface area contributed by atoms with Gasteiger partial charge in [-0.2, -0.15) is 0 Å². The molecule has 0 saturated carbocycles. The third-order valence-corrected chi connectivity index (χ3v) is 4.72.